The number of carbonyl (C=O) groups excluding carboxylic acids is 1. The van der Waals surface area contributed by atoms with Gasteiger partial charge in [0.05, 0.1) is 6.07 Å². The van der Waals surface area contributed by atoms with Crippen molar-refractivity contribution in [1.29, 1.82) is 5.26 Å². The molecule has 1 aliphatic heterocycles. The molecule has 88 valence electrons. The normalized spacial score (nSPS) is 23.8. The molecule has 5 heteroatoms. The highest BCUT2D eigenvalue weighted by molar-refractivity contribution is 6.01. The van der Waals surface area contributed by atoms with Gasteiger partial charge in [-0.15, -0.1) is 0 Å². The van der Waals surface area contributed by atoms with E-state index in [1.54, 1.807) is 23.2 Å². The molecule has 1 saturated heterocycles. The molecule has 1 atom stereocenters. The zero-order valence-corrected chi connectivity index (χ0v) is 9.68. The molecule has 0 unspecified atom stereocenters. The lowest BCUT2D eigenvalue weighted by molar-refractivity contribution is -0.123. The zero-order valence-electron chi connectivity index (χ0n) is 9.68. The van der Waals surface area contributed by atoms with E-state index < -0.39 is 5.41 Å². The lowest BCUT2D eigenvalue weighted by atomic mass is 9.85. The second kappa shape index (κ2) is 4.06. The Labute approximate surface area is 99.9 Å². The largest absolute Gasteiger partial charge is 0.384 e. The van der Waals surface area contributed by atoms with Crippen LogP contribution in [0.15, 0.2) is 18.3 Å². The van der Waals surface area contributed by atoms with Crippen LogP contribution in [-0.2, 0) is 4.79 Å². The Hall–Kier alpha value is -2.09. The van der Waals surface area contributed by atoms with Crippen molar-refractivity contribution in [2.75, 3.05) is 17.2 Å². The van der Waals surface area contributed by atoms with E-state index in [-0.39, 0.29) is 5.91 Å². The smallest absolute Gasteiger partial charge is 0.247 e. The summed E-state index contributed by atoms with van der Waals surface area (Å²) in [7, 11) is 0. The molecule has 0 bridgehead atoms. The van der Waals surface area contributed by atoms with Gasteiger partial charge in [0, 0.05) is 24.5 Å². The van der Waals surface area contributed by atoms with Crippen LogP contribution in [0.4, 0.5) is 11.5 Å². The summed E-state index contributed by atoms with van der Waals surface area (Å²) in [6.07, 6.45) is 2.68. The third kappa shape index (κ3) is 1.72. The van der Waals surface area contributed by atoms with Crippen LogP contribution in [0, 0.1) is 16.7 Å². The van der Waals surface area contributed by atoms with Gasteiger partial charge in [0.25, 0.3) is 0 Å². The Kier molecular flexibility index (Phi) is 2.72. The Balaban J connectivity index is 2.33. The maximum atomic E-state index is 12.2. The maximum absolute atomic E-state index is 12.2. The molecular weight excluding hydrogens is 216 g/mol. The van der Waals surface area contributed by atoms with Gasteiger partial charge in [-0.25, -0.2) is 4.98 Å². The first-order valence-electron chi connectivity index (χ1n) is 5.58. The number of hydrogen-bond acceptors (Lipinski definition) is 4. The summed E-state index contributed by atoms with van der Waals surface area (Å²) in [4.78, 5) is 17.7. The second-order valence-corrected chi connectivity index (χ2v) is 4.19. The minimum Gasteiger partial charge on any atom is -0.384 e. The average Bonchev–Trinajstić information content (AvgIpc) is 2.67. The van der Waals surface area contributed by atoms with Crippen molar-refractivity contribution in [3.63, 3.8) is 0 Å². The summed E-state index contributed by atoms with van der Waals surface area (Å²) < 4.78 is 0. The van der Waals surface area contributed by atoms with E-state index in [9.17, 15) is 10.1 Å². The quantitative estimate of drug-likeness (QED) is 0.830. The zero-order chi connectivity index (χ0) is 12.5. The average molecular weight is 230 g/mol. The van der Waals surface area contributed by atoms with Crippen LogP contribution in [0.5, 0.6) is 0 Å². The first-order chi connectivity index (χ1) is 8.13. The van der Waals surface area contributed by atoms with Crippen LogP contribution >= 0.6 is 0 Å². The van der Waals surface area contributed by atoms with E-state index in [1.165, 1.54) is 0 Å². The van der Waals surface area contributed by atoms with Gasteiger partial charge in [-0.3, -0.25) is 4.79 Å². The summed E-state index contributed by atoms with van der Waals surface area (Å²) in [6.45, 7) is 2.43. The molecule has 2 N–H and O–H groups in total. The highest BCUT2D eigenvalue weighted by Gasteiger charge is 2.46. The van der Waals surface area contributed by atoms with Gasteiger partial charge >= 0.3 is 0 Å². The maximum Gasteiger partial charge on any atom is 0.247 e. The van der Waals surface area contributed by atoms with E-state index >= 15 is 0 Å². The van der Waals surface area contributed by atoms with Crippen LogP contribution in [0.3, 0.4) is 0 Å². The number of anilines is 2. The Morgan fingerprint density at radius 1 is 1.71 bits per heavy atom. The van der Waals surface area contributed by atoms with Gasteiger partial charge in [-0.2, -0.15) is 5.26 Å². The van der Waals surface area contributed by atoms with Crippen molar-refractivity contribution in [2.45, 2.75) is 19.8 Å². The van der Waals surface area contributed by atoms with Crippen molar-refractivity contribution < 1.29 is 4.79 Å². The number of pyridine rings is 1. The first-order valence-corrected chi connectivity index (χ1v) is 5.58. The van der Waals surface area contributed by atoms with Crippen molar-refractivity contribution in [3.05, 3.63) is 18.3 Å². The number of nitrogen functional groups attached to an aromatic ring is 1. The molecule has 5 nitrogen and oxygen atoms in total. The molecule has 2 heterocycles. The molecule has 0 aromatic carbocycles. The molecule has 1 aliphatic rings. The predicted molar refractivity (Wildman–Crippen MR) is 64.0 cm³/mol. The number of carbonyl (C=O) groups is 1. The third-order valence-electron chi connectivity index (χ3n) is 3.31. The van der Waals surface area contributed by atoms with Crippen LogP contribution in [-0.4, -0.2) is 17.4 Å². The summed E-state index contributed by atoms with van der Waals surface area (Å²) in [5.41, 5.74) is 5.44. The molecule has 1 fully saturated rings. The topological polar surface area (TPSA) is 83.0 Å². The van der Waals surface area contributed by atoms with Crippen LogP contribution in [0.25, 0.3) is 0 Å². The van der Waals surface area contributed by atoms with E-state index in [2.05, 4.69) is 11.1 Å². The number of nitriles is 1. The predicted octanol–water partition coefficient (Wildman–Crippen LogP) is 1.32. The number of amides is 1. The lowest BCUT2D eigenvalue weighted by Gasteiger charge is -2.19. The highest BCUT2D eigenvalue weighted by atomic mass is 16.2. The van der Waals surface area contributed by atoms with Crippen molar-refractivity contribution in [2.24, 2.45) is 5.41 Å². The van der Waals surface area contributed by atoms with E-state index in [4.69, 9.17) is 5.73 Å². The number of hydrogen-bond donors (Lipinski definition) is 1. The highest BCUT2D eigenvalue weighted by Crippen LogP contribution is 2.37. The Bertz CT molecular complexity index is 494. The Morgan fingerprint density at radius 2 is 2.47 bits per heavy atom. The molecule has 2 rings (SSSR count). The van der Waals surface area contributed by atoms with E-state index in [0.717, 1.165) is 0 Å². The molecule has 17 heavy (non-hydrogen) atoms. The van der Waals surface area contributed by atoms with Crippen molar-refractivity contribution >= 4 is 17.4 Å². The fourth-order valence-electron chi connectivity index (χ4n) is 2.13. The van der Waals surface area contributed by atoms with Crippen LogP contribution in [0.1, 0.15) is 19.8 Å². The molecule has 1 aromatic heterocycles. The number of rotatable bonds is 2. The minimum absolute atomic E-state index is 0.131. The molecule has 0 spiro atoms. The Morgan fingerprint density at radius 3 is 3.00 bits per heavy atom. The second-order valence-electron chi connectivity index (χ2n) is 4.19. The summed E-state index contributed by atoms with van der Waals surface area (Å²) in [6, 6.07) is 5.54. The number of aromatic nitrogens is 1. The van der Waals surface area contributed by atoms with E-state index in [1.807, 2.05) is 6.92 Å². The molecule has 0 radical (unpaired) electrons. The van der Waals surface area contributed by atoms with Crippen molar-refractivity contribution in [3.8, 4) is 6.07 Å². The summed E-state index contributed by atoms with van der Waals surface area (Å²) in [5, 5.41) is 9.17. The summed E-state index contributed by atoms with van der Waals surface area (Å²) >= 11 is 0. The standard InChI is InChI=1S/C12H14N4O/c1-2-12(8-13)4-6-16(11(12)17)9-3-5-15-10(14)7-9/h3,5,7H,2,4,6H2,1H3,(H2,14,15)/t12-/m1/s1. The number of nitrogens with two attached hydrogens (primary N) is 1. The van der Waals surface area contributed by atoms with Gasteiger partial charge in [-0.1, -0.05) is 6.92 Å². The summed E-state index contributed by atoms with van der Waals surface area (Å²) in [5.74, 6) is 0.245. The molecule has 0 aliphatic carbocycles. The van der Waals surface area contributed by atoms with Gasteiger partial charge < -0.3 is 10.6 Å². The van der Waals surface area contributed by atoms with Gasteiger partial charge in [-0.05, 0) is 18.9 Å². The molecular formula is C12H14N4O. The fraction of sp³-hybridized carbons (Fsp3) is 0.417. The molecule has 0 saturated carbocycles. The third-order valence-corrected chi connectivity index (χ3v) is 3.31. The van der Waals surface area contributed by atoms with Crippen molar-refractivity contribution in [1.82, 2.24) is 4.98 Å². The monoisotopic (exact) mass is 230 g/mol. The fourth-order valence-corrected chi connectivity index (χ4v) is 2.13. The lowest BCUT2D eigenvalue weighted by Crippen LogP contribution is -2.33. The first kappa shape index (κ1) is 11.4. The molecule has 1 amide bonds. The number of nitrogens with zero attached hydrogens (tertiary/aromatic N) is 3. The van der Waals surface area contributed by atoms with Crippen LogP contribution < -0.4 is 10.6 Å². The van der Waals surface area contributed by atoms with E-state index in [0.29, 0.717) is 30.9 Å². The van der Waals surface area contributed by atoms with Gasteiger partial charge in [0.1, 0.15) is 11.2 Å². The van der Waals surface area contributed by atoms with Crippen LogP contribution in [0.2, 0.25) is 0 Å². The SMILES string of the molecule is CC[C@]1(C#N)CCN(c2ccnc(N)c2)C1=O. The van der Waals surface area contributed by atoms with Gasteiger partial charge in [0.15, 0.2) is 0 Å². The van der Waals surface area contributed by atoms with Gasteiger partial charge in [0.2, 0.25) is 5.91 Å². The molecule has 1 aromatic rings. The minimum atomic E-state index is -0.863.